The van der Waals surface area contributed by atoms with Gasteiger partial charge in [0.2, 0.25) is 18.5 Å². The van der Waals surface area contributed by atoms with E-state index in [9.17, 15) is 14.7 Å². The van der Waals surface area contributed by atoms with Gasteiger partial charge in [0.25, 0.3) is 0 Å². The third-order valence-corrected chi connectivity index (χ3v) is 3.60. The van der Waals surface area contributed by atoms with Crippen LogP contribution in [0.1, 0.15) is 13.8 Å². The van der Waals surface area contributed by atoms with Gasteiger partial charge in [-0.15, -0.1) is 0 Å². The number of ether oxygens (including phenoxy) is 3. The Bertz CT molecular complexity index is 461. The number of amides is 2. The summed E-state index contributed by atoms with van der Waals surface area (Å²) in [6.45, 7) is 4.32. The Labute approximate surface area is 187 Å². The summed E-state index contributed by atoms with van der Waals surface area (Å²) in [5.74, 6) is 0.0926. The maximum atomic E-state index is 10.1. The Morgan fingerprint density at radius 1 is 1.25 bits per heavy atom. The summed E-state index contributed by atoms with van der Waals surface area (Å²) < 4.78 is 16.1. The summed E-state index contributed by atoms with van der Waals surface area (Å²) in [6.07, 6.45) is -2.14. The maximum Gasteiger partial charge on any atom is 1.00 e. The fourth-order valence-corrected chi connectivity index (χ4v) is 1.83. The van der Waals surface area contributed by atoms with Crippen LogP contribution in [0.25, 0.3) is 0 Å². The van der Waals surface area contributed by atoms with E-state index in [-0.39, 0.29) is 53.3 Å². The average Bonchev–Trinajstić information content (AvgIpc) is 3.10. The zero-order valence-corrected chi connectivity index (χ0v) is 19.9. The van der Waals surface area contributed by atoms with E-state index in [1.165, 1.54) is 16.7 Å². The summed E-state index contributed by atoms with van der Waals surface area (Å²) in [7, 11) is 8.46. The van der Waals surface area contributed by atoms with E-state index in [2.05, 4.69) is 0 Å². The summed E-state index contributed by atoms with van der Waals surface area (Å²) in [4.78, 5) is 30.9. The van der Waals surface area contributed by atoms with Crippen molar-refractivity contribution in [1.29, 1.82) is 0 Å². The van der Waals surface area contributed by atoms with E-state index < -0.39 is 12.3 Å². The molecule has 0 aromatic rings. The molecule has 2 aliphatic heterocycles. The summed E-state index contributed by atoms with van der Waals surface area (Å²) in [5.41, 5.74) is -0.387. The molecule has 0 unspecified atom stereocenters. The van der Waals surface area contributed by atoms with Crippen LogP contribution in [0.2, 0.25) is 0 Å². The molecule has 4 atom stereocenters. The minimum absolute atomic E-state index is 0. The van der Waals surface area contributed by atoms with Crippen molar-refractivity contribution in [1.82, 2.24) is 9.80 Å². The average molecular weight is 418 g/mol. The van der Waals surface area contributed by atoms with E-state index in [0.717, 1.165) is 6.41 Å². The molecule has 2 N–H and O–H groups in total. The minimum Gasteiger partial charge on any atom is -0.565 e. The molecule has 2 fully saturated rings. The summed E-state index contributed by atoms with van der Waals surface area (Å²) in [5, 5.41) is 24.7. The van der Waals surface area contributed by atoms with Crippen LogP contribution >= 0.6 is 0 Å². The molecular weight excluding hydrogens is 387 g/mol. The number of carbonyl (C=O) groups excluding carboxylic acids is 2. The van der Waals surface area contributed by atoms with E-state index in [1.54, 1.807) is 35.3 Å². The molecule has 12 heteroatoms. The van der Waals surface area contributed by atoms with Gasteiger partial charge in [0.05, 0.1) is 13.2 Å². The predicted octanol–water partition coefficient (Wildman–Crippen LogP) is -4.76. The number of fused-ring (bicyclic) bond motifs is 1. The number of rotatable bonds is 2. The van der Waals surface area contributed by atoms with Crippen molar-refractivity contribution in [2.24, 2.45) is 0 Å². The molecule has 0 aromatic heterocycles. The topological polar surface area (TPSA) is 149 Å². The molecule has 2 aliphatic rings. The van der Waals surface area contributed by atoms with Gasteiger partial charge in [-0.1, -0.05) is 0 Å². The molecule has 11 nitrogen and oxygen atoms in total. The molecule has 0 aliphatic carbocycles. The summed E-state index contributed by atoms with van der Waals surface area (Å²) >= 11 is 0. The molecule has 0 radical (unpaired) electrons. The minimum atomic E-state index is -2.08. The van der Waals surface area contributed by atoms with E-state index >= 15 is 0 Å². The largest absolute Gasteiger partial charge is 1.00 e. The fourth-order valence-electron chi connectivity index (χ4n) is 1.83. The SMILES string of the molecule is CC(=O)N(C)C.CN(C)C=O.CO[C@@]1(C)CO[C@@H]2[C@H](O)CO[C@@H]21.O=C([O-])O.[Na+]. The number of hydrogen-bond acceptors (Lipinski definition) is 8. The molecule has 160 valence electrons. The third kappa shape index (κ3) is 13.3. The maximum absolute atomic E-state index is 10.1. The van der Waals surface area contributed by atoms with Gasteiger partial charge >= 0.3 is 29.6 Å². The smallest absolute Gasteiger partial charge is 0.565 e. The Morgan fingerprint density at radius 2 is 1.64 bits per heavy atom. The molecule has 28 heavy (non-hydrogen) atoms. The van der Waals surface area contributed by atoms with Gasteiger partial charge in [-0.3, -0.25) is 9.59 Å². The number of carboxylic acid groups (broad SMARTS) is 2. The Balaban J connectivity index is -0.000000335. The van der Waals surface area contributed by atoms with E-state index in [0.29, 0.717) is 13.2 Å². The first-order valence-electron chi connectivity index (χ1n) is 7.98. The van der Waals surface area contributed by atoms with Crippen LogP contribution in [0.15, 0.2) is 0 Å². The molecule has 2 heterocycles. The van der Waals surface area contributed by atoms with Crippen LogP contribution in [0, 0.1) is 0 Å². The Morgan fingerprint density at radius 3 is 1.93 bits per heavy atom. The molecule has 0 aromatic carbocycles. The van der Waals surface area contributed by atoms with Crippen molar-refractivity contribution in [3.05, 3.63) is 0 Å². The monoisotopic (exact) mass is 418 g/mol. The molecule has 2 amide bonds. The molecule has 0 spiro atoms. The van der Waals surface area contributed by atoms with Crippen LogP contribution in [-0.2, 0) is 23.8 Å². The second-order valence-corrected chi connectivity index (χ2v) is 6.36. The van der Waals surface area contributed by atoms with E-state index in [4.69, 9.17) is 29.2 Å². The third-order valence-electron chi connectivity index (χ3n) is 3.60. The number of aliphatic hydroxyl groups excluding tert-OH is 1. The first kappa shape index (κ1) is 31.7. The fraction of sp³-hybridized carbons (Fsp3) is 0.812. The Kier molecular flexibility index (Phi) is 18.0. The number of methoxy groups -OCH3 is 1. The zero-order valence-electron chi connectivity index (χ0n) is 17.9. The van der Waals surface area contributed by atoms with Crippen molar-refractivity contribution < 1.29 is 73.5 Å². The van der Waals surface area contributed by atoms with Gasteiger partial charge in [-0.2, -0.15) is 0 Å². The molecular formula is C16H31N2NaO9. The van der Waals surface area contributed by atoms with Gasteiger partial charge in [0.15, 0.2) is 0 Å². The van der Waals surface area contributed by atoms with Gasteiger partial charge in [-0.05, 0) is 6.92 Å². The first-order chi connectivity index (χ1) is 12.3. The number of aliphatic hydroxyl groups is 1. The normalized spacial score (nSPS) is 26.4. The van der Waals surface area contributed by atoms with Crippen LogP contribution < -0.4 is 34.7 Å². The number of hydrogen-bond donors (Lipinski definition) is 2. The number of carbonyl (C=O) groups is 3. The molecule has 2 rings (SSSR count). The summed E-state index contributed by atoms with van der Waals surface area (Å²) in [6, 6.07) is 0. The molecule has 2 saturated heterocycles. The quantitative estimate of drug-likeness (QED) is 0.333. The van der Waals surface area contributed by atoms with Crippen molar-refractivity contribution in [2.45, 2.75) is 37.8 Å². The molecule has 0 bridgehead atoms. The van der Waals surface area contributed by atoms with Crippen molar-refractivity contribution in [3.63, 3.8) is 0 Å². The second-order valence-electron chi connectivity index (χ2n) is 6.36. The van der Waals surface area contributed by atoms with Crippen LogP contribution in [-0.4, -0.2) is 111 Å². The van der Waals surface area contributed by atoms with Crippen LogP contribution in [0.5, 0.6) is 0 Å². The van der Waals surface area contributed by atoms with Crippen molar-refractivity contribution in [3.8, 4) is 0 Å². The predicted molar refractivity (Wildman–Crippen MR) is 93.0 cm³/mol. The standard InChI is InChI=1S/C8H14O4.C4H9NO.C3H7NO.CH2O3.Na/c1-8(10-2)4-12-6-5(9)3-11-7(6)8;1-4(6)5(2)3;1-4(2)3-5;2-1(3)4;/h5-7,9H,3-4H2,1-2H3;1-3H3;3H,1-2H3;(H2,2,3,4);/q;;;;+1/p-1/t5-,6-,7+,8+;;;;/m1..../s1. The Hall–Kier alpha value is -0.950. The van der Waals surface area contributed by atoms with Gasteiger partial charge in [-0.25, -0.2) is 0 Å². The second kappa shape index (κ2) is 15.9. The van der Waals surface area contributed by atoms with Crippen molar-refractivity contribution in [2.75, 3.05) is 48.5 Å². The van der Waals surface area contributed by atoms with Crippen molar-refractivity contribution >= 4 is 18.5 Å². The van der Waals surface area contributed by atoms with Gasteiger partial charge in [0.1, 0.15) is 23.9 Å². The first-order valence-corrected chi connectivity index (χ1v) is 7.98. The number of nitrogens with zero attached hydrogens (tertiary/aromatic N) is 2. The molecule has 0 saturated carbocycles. The van der Waals surface area contributed by atoms with Crippen LogP contribution in [0.4, 0.5) is 4.79 Å². The van der Waals surface area contributed by atoms with Gasteiger partial charge < -0.3 is 44.1 Å². The van der Waals surface area contributed by atoms with Gasteiger partial charge in [0, 0.05) is 42.2 Å². The van der Waals surface area contributed by atoms with Crippen LogP contribution in [0.3, 0.4) is 0 Å². The zero-order chi connectivity index (χ0) is 21.8. The van der Waals surface area contributed by atoms with E-state index in [1.807, 2.05) is 6.92 Å².